The minimum absolute atomic E-state index is 0.0432. The van der Waals surface area contributed by atoms with Crippen molar-refractivity contribution in [3.8, 4) is 0 Å². The molecule has 2 N–H and O–H groups in total. The molecule has 0 aromatic carbocycles. The lowest BCUT2D eigenvalue weighted by atomic mass is 9.94. The number of aromatic nitrogens is 5. The van der Waals surface area contributed by atoms with E-state index in [2.05, 4.69) is 49.2 Å². The van der Waals surface area contributed by atoms with Crippen LogP contribution in [0.2, 0.25) is 0 Å². The predicted octanol–water partition coefficient (Wildman–Crippen LogP) is 3.58. The Hall–Kier alpha value is -3.14. The summed E-state index contributed by atoms with van der Waals surface area (Å²) in [5.74, 6) is 2.74. The molecule has 180 valence electrons. The monoisotopic (exact) mass is 466 g/mol. The topological polar surface area (TPSA) is 103 Å². The van der Waals surface area contributed by atoms with Crippen molar-refractivity contribution in [2.75, 3.05) is 41.3 Å². The molecular formula is C24H31FN8O. The highest BCUT2D eigenvalue weighted by molar-refractivity contribution is 5.94. The van der Waals surface area contributed by atoms with E-state index in [4.69, 9.17) is 0 Å². The van der Waals surface area contributed by atoms with Crippen LogP contribution in [0.5, 0.6) is 0 Å². The lowest BCUT2D eigenvalue weighted by Gasteiger charge is -2.38. The van der Waals surface area contributed by atoms with Crippen molar-refractivity contribution in [3.63, 3.8) is 0 Å². The fourth-order valence-corrected chi connectivity index (χ4v) is 4.72. The Bertz CT molecular complexity index is 1180. The van der Waals surface area contributed by atoms with Gasteiger partial charge in [0.05, 0.1) is 18.3 Å². The van der Waals surface area contributed by atoms with Crippen LogP contribution >= 0.6 is 0 Å². The third-order valence-electron chi connectivity index (χ3n) is 6.67. The number of rotatable bonds is 5. The molecular weight excluding hydrogens is 435 g/mol. The summed E-state index contributed by atoms with van der Waals surface area (Å²) in [6.45, 7) is 8.14. The van der Waals surface area contributed by atoms with Gasteiger partial charge in [0.1, 0.15) is 11.6 Å². The first-order chi connectivity index (χ1) is 16.3. The van der Waals surface area contributed by atoms with E-state index >= 15 is 0 Å². The molecule has 5 heterocycles. The fourth-order valence-electron chi connectivity index (χ4n) is 4.72. The van der Waals surface area contributed by atoms with E-state index in [1.54, 1.807) is 17.2 Å². The molecule has 2 atom stereocenters. The van der Waals surface area contributed by atoms with Crippen molar-refractivity contribution in [2.24, 2.45) is 0 Å². The van der Waals surface area contributed by atoms with Crippen molar-refractivity contribution in [1.29, 1.82) is 0 Å². The molecule has 0 aliphatic carbocycles. The fraction of sp³-hybridized carbons (Fsp3) is 0.542. The second-order valence-corrected chi connectivity index (χ2v) is 9.74. The highest BCUT2D eigenvalue weighted by Gasteiger charge is 2.39. The molecule has 5 rings (SSSR count). The van der Waals surface area contributed by atoms with Gasteiger partial charge < -0.3 is 20.2 Å². The average molecular weight is 467 g/mol. The number of halogens is 1. The van der Waals surface area contributed by atoms with E-state index in [-0.39, 0.29) is 12.5 Å². The SMILES string of the molecule is CC(C)c1nnc(N2CCCC2)c2cnc(Nc3ccnc(N4CC[C@@H](O)[C@@](C)(F)C4)n3)cc12. The van der Waals surface area contributed by atoms with Gasteiger partial charge in [-0.1, -0.05) is 13.8 Å². The van der Waals surface area contributed by atoms with Crippen LogP contribution in [0.4, 0.5) is 27.8 Å². The van der Waals surface area contributed by atoms with Gasteiger partial charge in [0, 0.05) is 42.8 Å². The second-order valence-electron chi connectivity index (χ2n) is 9.74. The maximum atomic E-state index is 14.7. The Morgan fingerprint density at radius 3 is 2.62 bits per heavy atom. The standard InChI is InChI=1S/C24H31FN8O/c1-15(2)21-16-12-20(27-13-17(16)22(31-30-21)32-9-4-5-10-32)28-19-6-8-26-23(29-19)33-11-7-18(34)24(3,25)14-33/h6,8,12-13,15,18,34H,4-5,7,9-11,14H2,1-3H3,(H,26,27,28,29)/t18-,24+/m1/s1. The molecule has 3 aromatic heterocycles. The Labute approximate surface area is 198 Å². The van der Waals surface area contributed by atoms with Crippen molar-refractivity contribution < 1.29 is 9.50 Å². The molecule has 34 heavy (non-hydrogen) atoms. The zero-order chi connectivity index (χ0) is 23.9. The quantitative estimate of drug-likeness (QED) is 0.584. The molecule has 0 saturated carbocycles. The van der Waals surface area contributed by atoms with Crippen LogP contribution in [-0.2, 0) is 0 Å². The first kappa shape index (κ1) is 22.6. The van der Waals surface area contributed by atoms with Crippen LogP contribution in [0.15, 0.2) is 24.5 Å². The average Bonchev–Trinajstić information content (AvgIpc) is 3.35. The first-order valence-electron chi connectivity index (χ1n) is 11.9. The van der Waals surface area contributed by atoms with Gasteiger partial charge >= 0.3 is 0 Å². The maximum Gasteiger partial charge on any atom is 0.227 e. The summed E-state index contributed by atoms with van der Waals surface area (Å²) in [4.78, 5) is 17.6. The Balaban J connectivity index is 1.44. The van der Waals surface area contributed by atoms with Crippen molar-refractivity contribution in [1.82, 2.24) is 25.1 Å². The molecule has 3 aromatic rings. The number of fused-ring (bicyclic) bond motifs is 1. The summed E-state index contributed by atoms with van der Waals surface area (Å²) in [6.07, 6.45) is 5.18. The summed E-state index contributed by atoms with van der Waals surface area (Å²) in [7, 11) is 0. The summed E-state index contributed by atoms with van der Waals surface area (Å²) < 4.78 is 14.7. The molecule has 2 aliphatic rings. The van der Waals surface area contributed by atoms with Crippen molar-refractivity contribution in [2.45, 2.75) is 57.7 Å². The summed E-state index contributed by atoms with van der Waals surface area (Å²) in [5, 5.41) is 24.3. The minimum atomic E-state index is -1.70. The van der Waals surface area contributed by atoms with Crippen LogP contribution in [0.3, 0.4) is 0 Å². The number of nitrogens with one attached hydrogen (secondary N) is 1. The predicted molar refractivity (Wildman–Crippen MR) is 131 cm³/mol. The molecule has 0 unspecified atom stereocenters. The number of nitrogens with zero attached hydrogens (tertiary/aromatic N) is 7. The van der Waals surface area contributed by atoms with Gasteiger partial charge in [0.2, 0.25) is 5.95 Å². The zero-order valence-electron chi connectivity index (χ0n) is 19.9. The Kier molecular flexibility index (Phi) is 5.93. The number of hydrogen-bond donors (Lipinski definition) is 2. The first-order valence-corrected chi connectivity index (χ1v) is 11.9. The van der Waals surface area contributed by atoms with Crippen LogP contribution in [0.25, 0.3) is 10.8 Å². The number of aliphatic hydroxyl groups is 1. The van der Waals surface area contributed by atoms with Crippen LogP contribution in [-0.4, -0.2) is 68.2 Å². The molecule has 0 radical (unpaired) electrons. The number of alkyl halides is 1. The van der Waals surface area contributed by atoms with Gasteiger partial charge in [-0.25, -0.2) is 14.4 Å². The largest absolute Gasteiger partial charge is 0.390 e. The van der Waals surface area contributed by atoms with Crippen LogP contribution < -0.4 is 15.1 Å². The number of pyridine rings is 1. The van der Waals surface area contributed by atoms with Crippen LogP contribution in [0.1, 0.15) is 51.6 Å². The van der Waals surface area contributed by atoms with Crippen molar-refractivity contribution >= 4 is 34.2 Å². The van der Waals surface area contributed by atoms with E-state index in [1.165, 1.54) is 6.92 Å². The van der Waals surface area contributed by atoms with Gasteiger partial charge in [-0.2, -0.15) is 10.1 Å². The highest BCUT2D eigenvalue weighted by atomic mass is 19.1. The van der Waals surface area contributed by atoms with Gasteiger partial charge in [-0.05, 0) is 44.2 Å². The van der Waals surface area contributed by atoms with E-state index < -0.39 is 11.8 Å². The van der Waals surface area contributed by atoms with E-state index in [0.29, 0.717) is 30.5 Å². The minimum Gasteiger partial charge on any atom is -0.390 e. The second kappa shape index (κ2) is 8.90. The maximum absolute atomic E-state index is 14.7. The molecule has 0 amide bonds. The number of hydrogen-bond acceptors (Lipinski definition) is 9. The van der Waals surface area contributed by atoms with Gasteiger partial charge in [-0.3, -0.25) is 0 Å². The molecule has 2 aliphatic heterocycles. The third kappa shape index (κ3) is 4.34. The zero-order valence-corrected chi connectivity index (χ0v) is 19.9. The number of aliphatic hydroxyl groups excluding tert-OH is 1. The van der Waals surface area contributed by atoms with Crippen LogP contribution in [0, 0.1) is 0 Å². The van der Waals surface area contributed by atoms with E-state index in [9.17, 15) is 9.50 Å². The number of anilines is 4. The molecule has 10 heteroatoms. The summed E-state index contributed by atoms with van der Waals surface area (Å²) in [6, 6.07) is 3.75. The van der Waals surface area contributed by atoms with E-state index in [1.807, 2.05) is 12.3 Å². The molecule has 0 bridgehead atoms. The number of piperidine rings is 1. The Morgan fingerprint density at radius 1 is 1.09 bits per heavy atom. The van der Waals surface area contributed by atoms with Gasteiger partial charge in [-0.15, -0.1) is 5.10 Å². The Morgan fingerprint density at radius 2 is 1.88 bits per heavy atom. The smallest absolute Gasteiger partial charge is 0.227 e. The highest BCUT2D eigenvalue weighted by Crippen LogP contribution is 2.33. The normalized spacial score (nSPS) is 23.2. The van der Waals surface area contributed by atoms with E-state index in [0.717, 1.165) is 48.2 Å². The molecule has 2 saturated heterocycles. The molecule has 0 spiro atoms. The lowest BCUT2D eigenvalue weighted by molar-refractivity contribution is -0.00860. The van der Waals surface area contributed by atoms with Gasteiger partial charge in [0.25, 0.3) is 0 Å². The lowest BCUT2D eigenvalue weighted by Crippen LogP contribution is -2.52. The third-order valence-corrected chi connectivity index (χ3v) is 6.67. The van der Waals surface area contributed by atoms with Gasteiger partial charge in [0.15, 0.2) is 11.5 Å². The van der Waals surface area contributed by atoms with Crippen molar-refractivity contribution in [3.05, 3.63) is 30.2 Å². The molecule has 2 fully saturated rings. The summed E-state index contributed by atoms with van der Waals surface area (Å²) >= 11 is 0. The summed E-state index contributed by atoms with van der Waals surface area (Å²) in [5.41, 5.74) is -0.771. The molecule has 9 nitrogen and oxygen atoms in total.